The molecule has 0 unspecified atom stereocenters. The van der Waals surface area contributed by atoms with E-state index in [1.165, 1.54) is 6.26 Å². The van der Waals surface area contributed by atoms with Crippen LogP contribution in [0.25, 0.3) is 0 Å². The lowest BCUT2D eigenvalue weighted by molar-refractivity contribution is 0.602. The molecular formula is C10H14NO2S. The number of sulfone groups is 1. The lowest BCUT2D eigenvalue weighted by Crippen LogP contribution is -1.97. The smallest absolute Gasteiger partial charge is 0.175 e. The van der Waals surface area contributed by atoms with E-state index in [1.54, 1.807) is 12.1 Å². The highest BCUT2D eigenvalue weighted by Gasteiger charge is 2.05. The molecule has 14 heavy (non-hydrogen) atoms. The summed E-state index contributed by atoms with van der Waals surface area (Å²) in [4.78, 5) is 0.354. The second kappa shape index (κ2) is 4.57. The Labute approximate surface area is 84.9 Å². The van der Waals surface area contributed by atoms with Crippen LogP contribution in [-0.2, 0) is 16.3 Å². The summed E-state index contributed by atoms with van der Waals surface area (Å²) >= 11 is 0. The second-order valence-corrected chi connectivity index (χ2v) is 5.29. The SMILES string of the molecule is CS(=O)(=O)c1ccc(CCC[NH])cc1. The molecule has 4 heteroatoms. The van der Waals surface area contributed by atoms with Crippen molar-refractivity contribution >= 4 is 9.84 Å². The highest BCUT2D eigenvalue weighted by molar-refractivity contribution is 7.90. The molecule has 77 valence electrons. The zero-order valence-corrected chi connectivity index (χ0v) is 8.97. The number of hydrogen-bond donors (Lipinski definition) is 0. The predicted molar refractivity (Wildman–Crippen MR) is 55.8 cm³/mol. The Kier molecular flexibility index (Phi) is 3.66. The molecule has 0 saturated heterocycles. The van der Waals surface area contributed by atoms with E-state index < -0.39 is 9.84 Å². The number of rotatable bonds is 4. The first-order valence-electron chi connectivity index (χ1n) is 4.47. The van der Waals surface area contributed by atoms with E-state index in [2.05, 4.69) is 0 Å². The fourth-order valence-corrected chi connectivity index (χ4v) is 1.83. The van der Waals surface area contributed by atoms with Crippen molar-refractivity contribution < 1.29 is 8.42 Å². The van der Waals surface area contributed by atoms with Crippen LogP contribution in [0.2, 0.25) is 0 Å². The highest BCUT2D eigenvalue weighted by atomic mass is 32.2. The molecule has 0 saturated carbocycles. The Bertz CT molecular complexity index is 381. The van der Waals surface area contributed by atoms with Crippen LogP contribution in [0.15, 0.2) is 29.2 Å². The molecule has 1 rings (SSSR count). The van der Waals surface area contributed by atoms with E-state index in [-0.39, 0.29) is 0 Å². The summed E-state index contributed by atoms with van der Waals surface area (Å²) in [5.41, 5.74) is 8.09. The molecule has 0 heterocycles. The number of aryl methyl sites for hydroxylation is 1. The Hall–Kier alpha value is -0.870. The van der Waals surface area contributed by atoms with Gasteiger partial charge in [0.05, 0.1) is 4.90 Å². The van der Waals surface area contributed by atoms with Gasteiger partial charge in [0.15, 0.2) is 9.84 Å². The molecule has 0 bridgehead atoms. The van der Waals surface area contributed by atoms with Crippen molar-refractivity contribution in [3.8, 4) is 0 Å². The van der Waals surface area contributed by atoms with Gasteiger partial charge in [-0.25, -0.2) is 8.42 Å². The first-order valence-corrected chi connectivity index (χ1v) is 6.37. The van der Waals surface area contributed by atoms with Gasteiger partial charge in [-0.2, -0.15) is 0 Å². The highest BCUT2D eigenvalue weighted by Crippen LogP contribution is 2.11. The maximum absolute atomic E-state index is 11.1. The van der Waals surface area contributed by atoms with Crippen LogP contribution in [0.3, 0.4) is 0 Å². The van der Waals surface area contributed by atoms with Crippen LogP contribution in [0.1, 0.15) is 12.0 Å². The first-order chi connectivity index (χ1) is 6.54. The molecule has 1 N–H and O–H groups in total. The topological polar surface area (TPSA) is 57.9 Å². The van der Waals surface area contributed by atoms with Gasteiger partial charge in [0.1, 0.15) is 0 Å². The Morgan fingerprint density at radius 2 is 1.79 bits per heavy atom. The second-order valence-electron chi connectivity index (χ2n) is 3.27. The van der Waals surface area contributed by atoms with Crippen LogP contribution in [0.5, 0.6) is 0 Å². The average molecular weight is 212 g/mol. The van der Waals surface area contributed by atoms with E-state index in [1.807, 2.05) is 12.1 Å². The summed E-state index contributed by atoms with van der Waals surface area (Å²) in [5, 5.41) is 0. The van der Waals surface area contributed by atoms with E-state index >= 15 is 0 Å². The van der Waals surface area contributed by atoms with Gasteiger partial charge in [0.25, 0.3) is 0 Å². The monoisotopic (exact) mass is 212 g/mol. The molecule has 0 aliphatic heterocycles. The Balaban J connectivity index is 2.79. The van der Waals surface area contributed by atoms with Crippen LogP contribution >= 0.6 is 0 Å². The standard InChI is InChI=1S/C10H14NO2S/c1-14(12,13)10-6-4-9(5-7-10)3-2-8-11/h4-7,11H,2-3,8H2,1H3. The fraction of sp³-hybridized carbons (Fsp3) is 0.400. The maximum Gasteiger partial charge on any atom is 0.175 e. The van der Waals surface area contributed by atoms with Crippen LogP contribution in [0, 0.1) is 0 Å². The van der Waals surface area contributed by atoms with Crippen LogP contribution in [0.4, 0.5) is 0 Å². The third-order valence-corrected chi connectivity index (χ3v) is 3.12. The van der Waals surface area contributed by atoms with Crippen molar-refractivity contribution in [2.24, 2.45) is 0 Å². The van der Waals surface area contributed by atoms with Crippen molar-refractivity contribution in [2.45, 2.75) is 17.7 Å². The van der Waals surface area contributed by atoms with E-state index in [4.69, 9.17) is 5.73 Å². The number of benzene rings is 1. The fourth-order valence-electron chi connectivity index (χ4n) is 1.20. The van der Waals surface area contributed by atoms with Gasteiger partial charge in [-0.15, -0.1) is 0 Å². The Morgan fingerprint density at radius 1 is 1.21 bits per heavy atom. The quantitative estimate of drug-likeness (QED) is 0.755. The zero-order valence-electron chi connectivity index (χ0n) is 8.16. The summed E-state index contributed by atoms with van der Waals surface area (Å²) in [6.45, 7) is 0.411. The normalized spacial score (nSPS) is 11.6. The predicted octanol–water partition coefficient (Wildman–Crippen LogP) is 1.31. The third kappa shape index (κ3) is 3.12. The molecule has 0 atom stereocenters. The van der Waals surface area contributed by atoms with Crippen molar-refractivity contribution in [3.63, 3.8) is 0 Å². The molecule has 1 aromatic rings. The van der Waals surface area contributed by atoms with E-state index in [9.17, 15) is 8.42 Å². The lowest BCUT2D eigenvalue weighted by Gasteiger charge is -2.01. The summed E-state index contributed by atoms with van der Waals surface area (Å²) < 4.78 is 22.3. The minimum atomic E-state index is -3.08. The van der Waals surface area contributed by atoms with Crippen molar-refractivity contribution in [1.29, 1.82) is 0 Å². The maximum atomic E-state index is 11.1. The van der Waals surface area contributed by atoms with Gasteiger partial charge in [-0.1, -0.05) is 12.1 Å². The van der Waals surface area contributed by atoms with Gasteiger partial charge in [-0.3, -0.25) is 5.73 Å². The van der Waals surface area contributed by atoms with E-state index in [0.29, 0.717) is 11.4 Å². The van der Waals surface area contributed by atoms with Gasteiger partial charge in [-0.05, 0) is 30.5 Å². The minimum absolute atomic E-state index is 0.354. The summed E-state index contributed by atoms with van der Waals surface area (Å²) in [5.74, 6) is 0. The third-order valence-electron chi connectivity index (χ3n) is 1.99. The largest absolute Gasteiger partial charge is 0.258 e. The molecule has 0 spiro atoms. The number of nitrogens with one attached hydrogen (secondary N) is 1. The lowest BCUT2D eigenvalue weighted by atomic mass is 10.1. The van der Waals surface area contributed by atoms with Gasteiger partial charge < -0.3 is 0 Å². The zero-order chi connectivity index (χ0) is 10.6. The molecule has 3 nitrogen and oxygen atoms in total. The average Bonchev–Trinajstić information content (AvgIpc) is 2.14. The Morgan fingerprint density at radius 3 is 2.21 bits per heavy atom. The summed E-state index contributed by atoms with van der Waals surface area (Å²) in [6.07, 6.45) is 2.86. The molecule has 1 aromatic carbocycles. The molecular weight excluding hydrogens is 198 g/mol. The number of hydrogen-bond acceptors (Lipinski definition) is 2. The first kappa shape index (κ1) is 11.2. The van der Waals surface area contributed by atoms with Crippen molar-refractivity contribution in [2.75, 3.05) is 12.8 Å². The van der Waals surface area contributed by atoms with Crippen LogP contribution < -0.4 is 5.73 Å². The van der Waals surface area contributed by atoms with Crippen molar-refractivity contribution in [3.05, 3.63) is 29.8 Å². The molecule has 1 radical (unpaired) electrons. The molecule has 0 aliphatic carbocycles. The molecule has 0 aliphatic rings. The van der Waals surface area contributed by atoms with Gasteiger partial charge in [0.2, 0.25) is 0 Å². The summed E-state index contributed by atoms with van der Waals surface area (Å²) in [7, 11) is -3.08. The summed E-state index contributed by atoms with van der Waals surface area (Å²) in [6, 6.07) is 6.86. The molecule has 0 aromatic heterocycles. The van der Waals surface area contributed by atoms with E-state index in [0.717, 1.165) is 18.4 Å². The van der Waals surface area contributed by atoms with Crippen LogP contribution in [-0.4, -0.2) is 21.2 Å². The van der Waals surface area contributed by atoms with Gasteiger partial charge >= 0.3 is 0 Å². The minimum Gasteiger partial charge on any atom is -0.258 e. The molecule has 0 fully saturated rings. The van der Waals surface area contributed by atoms with Gasteiger partial charge in [0, 0.05) is 12.8 Å². The molecule has 0 amide bonds. The van der Waals surface area contributed by atoms with Crippen molar-refractivity contribution in [1.82, 2.24) is 5.73 Å².